The van der Waals surface area contributed by atoms with Crippen LogP contribution >= 0.6 is 11.3 Å². The number of amides is 1. The minimum absolute atomic E-state index is 0.200. The average Bonchev–Trinajstić information content (AvgIpc) is 3.16. The molecule has 0 spiro atoms. The highest BCUT2D eigenvalue weighted by Gasteiger charge is 2.13. The van der Waals surface area contributed by atoms with E-state index in [4.69, 9.17) is 4.42 Å². The largest absolute Gasteiger partial charge is 0.469 e. The Labute approximate surface area is 145 Å². The normalized spacial score (nSPS) is 11.0. The van der Waals surface area contributed by atoms with Gasteiger partial charge in [0.05, 0.1) is 17.5 Å². The van der Waals surface area contributed by atoms with Crippen molar-refractivity contribution in [2.45, 2.75) is 27.2 Å². The summed E-state index contributed by atoms with van der Waals surface area (Å²) in [4.78, 5) is 16.7. The first-order valence-electron chi connectivity index (χ1n) is 7.93. The number of aromatic nitrogens is 1. The van der Waals surface area contributed by atoms with Gasteiger partial charge in [0.25, 0.3) is 5.91 Å². The van der Waals surface area contributed by atoms with E-state index >= 15 is 0 Å². The van der Waals surface area contributed by atoms with Gasteiger partial charge in [-0.3, -0.25) is 10.1 Å². The lowest BCUT2D eigenvalue weighted by Crippen LogP contribution is -2.11. The van der Waals surface area contributed by atoms with Gasteiger partial charge in [0, 0.05) is 10.9 Å². The van der Waals surface area contributed by atoms with Crippen LogP contribution < -0.4 is 5.32 Å². The predicted molar refractivity (Wildman–Crippen MR) is 97.5 cm³/mol. The predicted octanol–water partition coefficient (Wildman–Crippen LogP) is 5.16. The van der Waals surface area contributed by atoms with Crippen LogP contribution in [-0.4, -0.2) is 10.9 Å². The van der Waals surface area contributed by atoms with E-state index in [1.807, 2.05) is 5.38 Å². The third kappa shape index (κ3) is 3.74. The van der Waals surface area contributed by atoms with E-state index in [9.17, 15) is 4.79 Å². The molecule has 0 aliphatic rings. The van der Waals surface area contributed by atoms with E-state index in [2.05, 4.69) is 48.4 Å². The monoisotopic (exact) mass is 340 g/mol. The molecule has 0 unspecified atom stereocenters. The molecule has 0 fully saturated rings. The maximum Gasteiger partial charge on any atom is 0.260 e. The van der Waals surface area contributed by atoms with Crippen molar-refractivity contribution in [3.63, 3.8) is 0 Å². The average molecular weight is 340 g/mol. The van der Waals surface area contributed by atoms with Crippen LogP contribution in [0.3, 0.4) is 0 Å². The van der Waals surface area contributed by atoms with Crippen molar-refractivity contribution in [1.82, 2.24) is 4.98 Å². The molecule has 0 saturated carbocycles. The number of furan rings is 1. The van der Waals surface area contributed by atoms with Crippen molar-refractivity contribution in [2.24, 2.45) is 5.92 Å². The Morgan fingerprint density at radius 1 is 1.25 bits per heavy atom. The molecule has 5 heteroatoms. The molecule has 2 aromatic heterocycles. The van der Waals surface area contributed by atoms with Crippen molar-refractivity contribution in [2.75, 3.05) is 5.32 Å². The lowest BCUT2D eigenvalue weighted by Gasteiger charge is -2.05. The Morgan fingerprint density at radius 2 is 2.00 bits per heavy atom. The second-order valence-corrected chi connectivity index (χ2v) is 7.04. The molecule has 0 aliphatic heterocycles. The molecule has 1 aromatic carbocycles. The van der Waals surface area contributed by atoms with Crippen LogP contribution in [0.2, 0.25) is 0 Å². The second-order valence-electron chi connectivity index (χ2n) is 6.18. The number of benzene rings is 1. The third-order valence-electron chi connectivity index (χ3n) is 3.72. The van der Waals surface area contributed by atoms with Crippen LogP contribution in [0.1, 0.15) is 35.5 Å². The fourth-order valence-electron chi connectivity index (χ4n) is 2.53. The molecule has 0 atom stereocenters. The number of anilines is 1. The van der Waals surface area contributed by atoms with Gasteiger partial charge in [0.1, 0.15) is 5.76 Å². The van der Waals surface area contributed by atoms with Gasteiger partial charge in [-0.05, 0) is 30.9 Å². The number of carbonyl (C=O) groups is 1. The van der Waals surface area contributed by atoms with Crippen molar-refractivity contribution < 1.29 is 9.21 Å². The number of aryl methyl sites for hydroxylation is 1. The van der Waals surface area contributed by atoms with E-state index in [-0.39, 0.29) is 5.91 Å². The van der Waals surface area contributed by atoms with Gasteiger partial charge in [0.2, 0.25) is 0 Å². The minimum atomic E-state index is -0.200. The molecular formula is C19H20N2O2S. The molecule has 0 saturated heterocycles. The lowest BCUT2D eigenvalue weighted by molar-refractivity contribution is 0.102. The first-order chi connectivity index (χ1) is 11.5. The van der Waals surface area contributed by atoms with Gasteiger partial charge in [-0.25, -0.2) is 4.98 Å². The molecule has 3 aromatic rings. The van der Waals surface area contributed by atoms with Crippen LogP contribution in [0.25, 0.3) is 11.3 Å². The van der Waals surface area contributed by atoms with Crippen molar-refractivity contribution in [3.05, 3.63) is 58.9 Å². The summed E-state index contributed by atoms with van der Waals surface area (Å²) in [6.45, 7) is 6.19. The van der Waals surface area contributed by atoms with Crippen LogP contribution in [0.4, 0.5) is 5.13 Å². The van der Waals surface area contributed by atoms with Crippen LogP contribution in [-0.2, 0) is 6.42 Å². The Kier molecular flexibility index (Phi) is 4.81. The summed E-state index contributed by atoms with van der Waals surface area (Å²) < 4.78 is 5.16. The highest BCUT2D eigenvalue weighted by molar-refractivity contribution is 7.14. The van der Waals surface area contributed by atoms with Crippen LogP contribution in [0, 0.1) is 12.8 Å². The highest BCUT2D eigenvalue weighted by Crippen LogP contribution is 2.26. The Bertz CT molecular complexity index is 831. The summed E-state index contributed by atoms with van der Waals surface area (Å²) in [7, 11) is 0. The SMILES string of the molecule is Cc1occc1C(=O)Nc1nc(-c2ccc(CC(C)C)cc2)cs1. The second kappa shape index (κ2) is 7.01. The summed E-state index contributed by atoms with van der Waals surface area (Å²) >= 11 is 1.42. The zero-order valence-corrected chi connectivity index (χ0v) is 14.8. The summed E-state index contributed by atoms with van der Waals surface area (Å²) in [6, 6.07) is 10.1. The zero-order chi connectivity index (χ0) is 17.1. The van der Waals surface area contributed by atoms with Crippen molar-refractivity contribution in [1.29, 1.82) is 0 Å². The zero-order valence-electron chi connectivity index (χ0n) is 14.0. The molecule has 1 N–H and O–H groups in total. The van der Waals surface area contributed by atoms with E-state index in [1.54, 1.807) is 13.0 Å². The van der Waals surface area contributed by atoms with E-state index in [1.165, 1.54) is 23.2 Å². The Balaban J connectivity index is 1.71. The van der Waals surface area contributed by atoms with Gasteiger partial charge >= 0.3 is 0 Å². The number of hydrogen-bond acceptors (Lipinski definition) is 4. The number of nitrogens with one attached hydrogen (secondary N) is 1. The Morgan fingerprint density at radius 3 is 2.62 bits per heavy atom. The number of nitrogens with zero attached hydrogens (tertiary/aromatic N) is 1. The fourth-order valence-corrected chi connectivity index (χ4v) is 3.25. The standard InChI is InChI=1S/C19H20N2O2S/c1-12(2)10-14-4-6-15(7-5-14)17-11-24-19(20-17)21-18(22)16-8-9-23-13(16)3/h4-9,11-12H,10H2,1-3H3,(H,20,21,22). The molecule has 0 aliphatic carbocycles. The molecule has 4 nitrogen and oxygen atoms in total. The summed E-state index contributed by atoms with van der Waals surface area (Å²) in [6.07, 6.45) is 2.58. The van der Waals surface area contributed by atoms with Gasteiger partial charge in [-0.2, -0.15) is 0 Å². The maximum absolute atomic E-state index is 12.2. The molecule has 1 amide bonds. The summed E-state index contributed by atoms with van der Waals surface area (Å²) in [5.41, 5.74) is 3.78. The number of rotatable bonds is 5. The quantitative estimate of drug-likeness (QED) is 0.698. The number of thiazole rings is 1. The molecular weight excluding hydrogens is 320 g/mol. The molecule has 0 radical (unpaired) electrons. The molecule has 3 rings (SSSR count). The van der Waals surface area contributed by atoms with Gasteiger partial charge in [-0.1, -0.05) is 38.1 Å². The maximum atomic E-state index is 12.2. The van der Waals surface area contributed by atoms with E-state index in [0.29, 0.717) is 22.4 Å². The number of hydrogen-bond donors (Lipinski definition) is 1. The van der Waals surface area contributed by atoms with Crippen LogP contribution in [0.15, 0.2) is 46.4 Å². The minimum Gasteiger partial charge on any atom is -0.469 e. The molecule has 2 heterocycles. The van der Waals surface area contributed by atoms with Gasteiger partial charge in [0.15, 0.2) is 5.13 Å². The fraction of sp³-hybridized carbons (Fsp3) is 0.263. The lowest BCUT2D eigenvalue weighted by atomic mass is 10.0. The first-order valence-corrected chi connectivity index (χ1v) is 8.81. The highest BCUT2D eigenvalue weighted by atomic mass is 32.1. The number of carbonyl (C=O) groups excluding carboxylic acids is 1. The molecule has 0 bridgehead atoms. The van der Waals surface area contributed by atoms with E-state index in [0.717, 1.165) is 17.7 Å². The van der Waals surface area contributed by atoms with E-state index < -0.39 is 0 Å². The first kappa shape index (κ1) is 16.5. The summed E-state index contributed by atoms with van der Waals surface area (Å²) in [5.74, 6) is 1.04. The molecule has 24 heavy (non-hydrogen) atoms. The van der Waals surface area contributed by atoms with Crippen molar-refractivity contribution in [3.8, 4) is 11.3 Å². The third-order valence-corrected chi connectivity index (χ3v) is 4.48. The Hall–Kier alpha value is -2.40. The van der Waals surface area contributed by atoms with Crippen LogP contribution in [0.5, 0.6) is 0 Å². The topological polar surface area (TPSA) is 55.1 Å². The smallest absolute Gasteiger partial charge is 0.260 e. The van der Waals surface area contributed by atoms with Gasteiger partial charge < -0.3 is 4.42 Å². The van der Waals surface area contributed by atoms with Gasteiger partial charge in [-0.15, -0.1) is 11.3 Å². The molecule has 124 valence electrons. The van der Waals surface area contributed by atoms with Crippen molar-refractivity contribution >= 4 is 22.4 Å². The summed E-state index contributed by atoms with van der Waals surface area (Å²) in [5, 5.41) is 5.36.